The Hall–Kier alpha value is -6.12. The van der Waals surface area contributed by atoms with Gasteiger partial charge in [0.05, 0.1) is 5.39 Å². The molecule has 2 heteroatoms. The summed E-state index contributed by atoms with van der Waals surface area (Å²) in [6.07, 6.45) is 0. The third kappa shape index (κ3) is 3.65. The van der Waals surface area contributed by atoms with Crippen LogP contribution >= 0.6 is 0 Å². The van der Waals surface area contributed by atoms with Gasteiger partial charge in [0, 0.05) is 16.2 Å². The number of benzene rings is 8. The van der Waals surface area contributed by atoms with Gasteiger partial charge in [0.15, 0.2) is 0 Å². The molecule has 0 aliphatic rings. The van der Waals surface area contributed by atoms with Crippen LogP contribution in [0.2, 0.25) is 0 Å². The maximum atomic E-state index is 6.39. The summed E-state index contributed by atoms with van der Waals surface area (Å²) < 4.78 is 12.7. The summed E-state index contributed by atoms with van der Waals surface area (Å²) in [5.41, 5.74) is 10.8. The molecule has 0 N–H and O–H groups in total. The normalized spacial score (nSPS) is 11.9. The van der Waals surface area contributed by atoms with Crippen LogP contribution < -0.4 is 0 Å². The standard InChI is InChI=1S/C44H26O2/c1-2-10-28(11-3-1)41-32-13-4-6-15-34(32)42(35-16-7-5-14-33(35)41)29-20-18-27(19-21-29)30-22-24-39-37(26-30)43-40(45-39)25-23-36-31-12-8-9-17-38(31)46-44(36)43/h1-26H. The van der Waals surface area contributed by atoms with Crippen molar-refractivity contribution in [2.45, 2.75) is 0 Å². The van der Waals surface area contributed by atoms with Crippen LogP contribution in [0.3, 0.4) is 0 Å². The van der Waals surface area contributed by atoms with Crippen LogP contribution in [0.15, 0.2) is 167 Å². The summed E-state index contributed by atoms with van der Waals surface area (Å²) in [7, 11) is 0. The molecule has 0 amide bonds. The van der Waals surface area contributed by atoms with Crippen molar-refractivity contribution >= 4 is 65.4 Å². The zero-order chi connectivity index (χ0) is 30.2. The van der Waals surface area contributed by atoms with Crippen molar-refractivity contribution in [3.05, 3.63) is 158 Å². The Morgan fingerprint density at radius 1 is 0.283 bits per heavy atom. The molecule has 0 radical (unpaired) electrons. The highest BCUT2D eigenvalue weighted by Crippen LogP contribution is 2.44. The summed E-state index contributed by atoms with van der Waals surface area (Å²) in [4.78, 5) is 0. The van der Waals surface area contributed by atoms with Crippen molar-refractivity contribution in [1.82, 2.24) is 0 Å². The van der Waals surface area contributed by atoms with Gasteiger partial charge in [-0.1, -0.05) is 127 Å². The van der Waals surface area contributed by atoms with Crippen LogP contribution in [0.25, 0.3) is 98.8 Å². The molecule has 0 aliphatic heterocycles. The summed E-state index contributed by atoms with van der Waals surface area (Å²) in [5, 5.41) is 9.37. The van der Waals surface area contributed by atoms with Gasteiger partial charge in [0.25, 0.3) is 0 Å². The first-order chi connectivity index (χ1) is 22.8. The Kier molecular flexibility index (Phi) is 5.31. The maximum absolute atomic E-state index is 6.39. The lowest BCUT2D eigenvalue weighted by atomic mass is 9.86. The molecule has 10 aromatic rings. The van der Waals surface area contributed by atoms with Crippen molar-refractivity contribution in [1.29, 1.82) is 0 Å². The van der Waals surface area contributed by atoms with Crippen molar-refractivity contribution in [2.75, 3.05) is 0 Å². The number of rotatable bonds is 3. The molecule has 214 valence electrons. The van der Waals surface area contributed by atoms with Crippen molar-refractivity contribution in [3.8, 4) is 33.4 Å². The van der Waals surface area contributed by atoms with E-state index in [0.717, 1.165) is 55.0 Å². The zero-order valence-corrected chi connectivity index (χ0v) is 24.8. The predicted octanol–water partition coefficient (Wildman–Crippen LogP) is 12.8. The van der Waals surface area contributed by atoms with E-state index in [-0.39, 0.29) is 0 Å². The Morgan fingerprint density at radius 3 is 1.46 bits per heavy atom. The van der Waals surface area contributed by atoms with Gasteiger partial charge in [0.1, 0.15) is 22.3 Å². The second-order valence-corrected chi connectivity index (χ2v) is 12.0. The minimum Gasteiger partial charge on any atom is -0.456 e. The van der Waals surface area contributed by atoms with Gasteiger partial charge in [-0.3, -0.25) is 0 Å². The number of hydrogen-bond donors (Lipinski definition) is 0. The Morgan fingerprint density at radius 2 is 0.783 bits per heavy atom. The van der Waals surface area contributed by atoms with E-state index in [1.807, 2.05) is 12.1 Å². The lowest BCUT2D eigenvalue weighted by Gasteiger charge is -2.18. The minimum atomic E-state index is 0.840. The highest BCUT2D eigenvalue weighted by molar-refractivity contribution is 6.23. The molecule has 0 spiro atoms. The molecule has 10 rings (SSSR count). The van der Waals surface area contributed by atoms with E-state index in [1.165, 1.54) is 43.8 Å². The molecular formula is C44H26O2. The first kappa shape index (κ1) is 25.2. The van der Waals surface area contributed by atoms with Crippen LogP contribution in [-0.2, 0) is 0 Å². The lowest BCUT2D eigenvalue weighted by Crippen LogP contribution is -1.90. The minimum absolute atomic E-state index is 0.840. The molecule has 2 heterocycles. The van der Waals surface area contributed by atoms with E-state index >= 15 is 0 Å². The van der Waals surface area contributed by atoms with Gasteiger partial charge in [-0.25, -0.2) is 0 Å². The van der Waals surface area contributed by atoms with Gasteiger partial charge in [0.2, 0.25) is 0 Å². The summed E-state index contributed by atoms with van der Waals surface area (Å²) in [6, 6.07) is 56.2. The average molecular weight is 587 g/mol. The SMILES string of the molecule is c1ccc(-c2c3ccccc3c(-c3ccc(-c4ccc5oc6ccc7c8ccccc8oc7c6c5c4)cc3)c3ccccc23)cc1. The monoisotopic (exact) mass is 586 g/mol. The highest BCUT2D eigenvalue weighted by Gasteiger charge is 2.18. The highest BCUT2D eigenvalue weighted by atomic mass is 16.3. The predicted molar refractivity (Wildman–Crippen MR) is 192 cm³/mol. The maximum Gasteiger partial charge on any atom is 0.147 e. The molecule has 0 unspecified atom stereocenters. The number of furan rings is 2. The van der Waals surface area contributed by atoms with Gasteiger partial charge in [-0.2, -0.15) is 0 Å². The van der Waals surface area contributed by atoms with E-state index in [4.69, 9.17) is 8.83 Å². The molecule has 0 saturated heterocycles. The molecule has 0 saturated carbocycles. The van der Waals surface area contributed by atoms with Crippen LogP contribution in [-0.4, -0.2) is 0 Å². The number of fused-ring (bicyclic) bond motifs is 9. The summed E-state index contributed by atoms with van der Waals surface area (Å²) >= 11 is 0. The summed E-state index contributed by atoms with van der Waals surface area (Å²) in [6.45, 7) is 0. The Bertz CT molecular complexity index is 2720. The molecule has 2 nitrogen and oxygen atoms in total. The first-order valence-corrected chi connectivity index (χ1v) is 15.7. The fraction of sp³-hybridized carbons (Fsp3) is 0. The van der Waals surface area contributed by atoms with Crippen molar-refractivity contribution in [2.24, 2.45) is 0 Å². The van der Waals surface area contributed by atoms with E-state index in [1.54, 1.807) is 0 Å². The largest absolute Gasteiger partial charge is 0.456 e. The molecule has 46 heavy (non-hydrogen) atoms. The van der Waals surface area contributed by atoms with Crippen LogP contribution in [0.4, 0.5) is 0 Å². The van der Waals surface area contributed by atoms with Crippen LogP contribution in [0, 0.1) is 0 Å². The van der Waals surface area contributed by atoms with Gasteiger partial charge < -0.3 is 8.83 Å². The molecular weight excluding hydrogens is 560 g/mol. The molecule has 0 aliphatic carbocycles. The van der Waals surface area contributed by atoms with Crippen molar-refractivity contribution < 1.29 is 8.83 Å². The van der Waals surface area contributed by atoms with E-state index in [0.29, 0.717) is 0 Å². The average Bonchev–Trinajstić information content (AvgIpc) is 3.69. The van der Waals surface area contributed by atoms with E-state index in [9.17, 15) is 0 Å². The van der Waals surface area contributed by atoms with Crippen LogP contribution in [0.5, 0.6) is 0 Å². The van der Waals surface area contributed by atoms with Gasteiger partial charge in [-0.15, -0.1) is 0 Å². The quantitative estimate of drug-likeness (QED) is 0.193. The number of para-hydroxylation sites is 1. The second-order valence-electron chi connectivity index (χ2n) is 12.0. The third-order valence-electron chi connectivity index (χ3n) is 9.48. The van der Waals surface area contributed by atoms with Crippen LogP contribution in [0.1, 0.15) is 0 Å². The Labute approximate surface area is 264 Å². The first-order valence-electron chi connectivity index (χ1n) is 15.7. The zero-order valence-electron chi connectivity index (χ0n) is 24.8. The van der Waals surface area contributed by atoms with Gasteiger partial charge >= 0.3 is 0 Å². The summed E-state index contributed by atoms with van der Waals surface area (Å²) in [5.74, 6) is 0. The lowest BCUT2D eigenvalue weighted by molar-refractivity contribution is 0.663. The van der Waals surface area contributed by atoms with E-state index < -0.39 is 0 Å². The van der Waals surface area contributed by atoms with E-state index in [2.05, 4.69) is 146 Å². The van der Waals surface area contributed by atoms with Gasteiger partial charge in [-0.05, 0) is 85.3 Å². The molecule has 0 fully saturated rings. The topological polar surface area (TPSA) is 26.3 Å². The third-order valence-corrected chi connectivity index (χ3v) is 9.48. The molecule has 8 aromatic carbocycles. The Balaban J connectivity index is 1.14. The molecule has 0 atom stereocenters. The fourth-order valence-corrected chi connectivity index (χ4v) is 7.41. The second kappa shape index (κ2) is 9.69. The van der Waals surface area contributed by atoms with Crippen molar-refractivity contribution in [3.63, 3.8) is 0 Å². The number of hydrogen-bond acceptors (Lipinski definition) is 2. The molecule has 0 bridgehead atoms. The molecule has 2 aromatic heterocycles. The fourth-order valence-electron chi connectivity index (χ4n) is 7.41. The smallest absolute Gasteiger partial charge is 0.147 e.